The topological polar surface area (TPSA) is 12.5 Å². The number of morpholine rings is 1. The lowest BCUT2D eigenvalue weighted by molar-refractivity contribution is -0.0364. The fraction of sp³-hybridized carbons (Fsp3) is 1.00. The molecule has 2 aliphatic rings. The smallest absolute Gasteiger partial charge is 0.0707 e. The minimum absolute atomic E-state index is 0.568. The SMILES string of the molecule is CCN1CC2CCC(C1)O2. The van der Waals surface area contributed by atoms with Gasteiger partial charge >= 0.3 is 0 Å². The minimum Gasteiger partial charge on any atom is -0.372 e. The summed E-state index contributed by atoms with van der Waals surface area (Å²) in [6.45, 7) is 5.76. The molecular weight excluding hydrogens is 126 g/mol. The molecule has 0 aliphatic carbocycles. The highest BCUT2D eigenvalue weighted by atomic mass is 16.5. The first-order valence-corrected chi connectivity index (χ1v) is 4.26. The molecule has 2 heterocycles. The molecule has 2 unspecified atom stereocenters. The van der Waals surface area contributed by atoms with Gasteiger partial charge in [-0.05, 0) is 19.4 Å². The van der Waals surface area contributed by atoms with Gasteiger partial charge in [0.15, 0.2) is 0 Å². The molecule has 2 bridgehead atoms. The first-order valence-electron chi connectivity index (χ1n) is 4.26. The molecule has 2 aliphatic heterocycles. The molecule has 0 N–H and O–H groups in total. The van der Waals surface area contributed by atoms with E-state index in [9.17, 15) is 0 Å². The van der Waals surface area contributed by atoms with Crippen LogP contribution in [0.1, 0.15) is 19.8 Å². The van der Waals surface area contributed by atoms with Crippen LogP contribution in [0.3, 0.4) is 0 Å². The Morgan fingerprint density at radius 1 is 1.30 bits per heavy atom. The van der Waals surface area contributed by atoms with Gasteiger partial charge in [0.1, 0.15) is 0 Å². The number of nitrogens with zero attached hydrogens (tertiary/aromatic N) is 1. The maximum Gasteiger partial charge on any atom is 0.0707 e. The lowest BCUT2D eigenvalue weighted by Crippen LogP contribution is -2.42. The van der Waals surface area contributed by atoms with Crippen molar-refractivity contribution in [2.24, 2.45) is 0 Å². The van der Waals surface area contributed by atoms with Gasteiger partial charge in [0.2, 0.25) is 0 Å². The first-order chi connectivity index (χ1) is 4.88. The summed E-state index contributed by atoms with van der Waals surface area (Å²) in [4.78, 5) is 2.49. The van der Waals surface area contributed by atoms with Crippen molar-refractivity contribution in [1.29, 1.82) is 0 Å². The number of hydrogen-bond donors (Lipinski definition) is 0. The maximum absolute atomic E-state index is 5.69. The Balaban J connectivity index is 1.96. The first kappa shape index (κ1) is 6.62. The molecular formula is C8H15NO. The molecule has 0 saturated carbocycles. The number of rotatable bonds is 1. The Morgan fingerprint density at radius 3 is 2.40 bits per heavy atom. The van der Waals surface area contributed by atoms with Crippen LogP contribution in [0.2, 0.25) is 0 Å². The molecule has 0 aromatic rings. The van der Waals surface area contributed by atoms with Crippen LogP contribution in [0.15, 0.2) is 0 Å². The van der Waals surface area contributed by atoms with Crippen LogP contribution >= 0.6 is 0 Å². The number of likely N-dealkylation sites (tertiary alicyclic amines) is 1. The zero-order valence-electron chi connectivity index (χ0n) is 6.55. The molecule has 2 saturated heterocycles. The predicted octanol–water partition coefficient (Wildman–Crippen LogP) is 0.869. The van der Waals surface area contributed by atoms with E-state index >= 15 is 0 Å². The molecule has 2 nitrogen and oxygen atoms in total. The van der Waals surface area contributed by atoms with E-state index in [1.165, 1.54) is 32.5 Å². The fourth-order valence-corrected chi connectivity index (χ4v) is 1.96. The second-order valence-electron chi connectivity index (χ2n) is 3.31. The van der Waals surface area contributed by atoms with Gasteiger partial charge in [-0.1, -0.05) is 6.92 Å². The summed E-state index contributed by atoms with van der Waals surface area (Å²) in [5.74, 6) is 0. The number of fused-ring (bicyclic) bond motifs is 2. The van der Waals surface area contributed by atoms with Crippen molar-refractivity contribution < 1.29 is 4.74 Å². The molecule has 10 heavy (non-hydrogen) atoms. The zero-order chi connectivity index (χ0) is 6.97. The summed E-state index contributed by atoms with van der Waals surface area (Å²) in [7, 11) is 0. The Labute approximate surface area is 62.2 Å². The summed E-state index contributed by atoms with van der Waals surface area (Å²) in [5.41, 5.74) is 0. The van der Waals surface area contributed by atoms with Crippen LogP contribution < -0.4 is 0 Å². The van der Waals surface area contributed by atoms with Crippen LogP contribution in [0.5, 0.6) is 0 Å². The molecule has 58 valence electrons. The van der Waals surface area contributed by atoms with Crippen molar-refractivity contribution >= 4 is 0 Å². The summed E-state index contributed by atoms with van der Waals surface area (Å²) in [5, 5.41) is 0. The largest absolute Gasteiger partial charge is 0.372 e. The average Bonchev–Trinajstić information content (AvgIpc) is 2.30. The minimum atomic E-state index is 0.568. The van der Waals surface area contributed by atoms with E-state index in [0.29, 0.717) is 12.2 Å². The quantitative estimate of drug-likeness (QED) is 0.537. The van der Waals surface area contributed by atoms with Crippen molar-refractivity contribution in [1.82, 2.24) is 4.90 Å². The third-order valence-corrected chi connectivity index (χ3v) is 2.57. The van der Waals surface area contributed by atoms with Gasteiger partial charge in [-0.2, -0.15) is 0 Å². The average molecular weight is 141 g/mol. The van der Waals surface area contributed by atoms with E-state index in [-0.39, 0.29) is 0 Å². The van der Waals surface area contributed by atoms with Gasteiger partial charge in [0.05, 0.1) is 12.2 Å². The van der Waals surface area contributed by atoms with Crippen LogP contribution in [0.25, 0.3) is 0 Å². The molecule has 0 radical (unpaired) electrons. The van der Waals surface area contributed by atoms with E-state index in [4.69, 9.17) is 4.74 Å². The number of likely N-dealkylation sites (N-methyl/N-ethyl adjacent to an activating group) is 1. The van der Waals surface area contributed by atoms with Gasteiger partial charge in [0, 0.05) is 13.1 Å². The monoisotopic (exact) mass is 141 g/mol. The molecule has 0 spiro atoms. The molecule has 2 rings (SSSR count). The van der Waals surface area contributed by atoms with Crippen LogP contribution in [-0.2, 0) is 4.74 Å². The highest BCUT2D eigenvalue weighted by Gasteiger charge is 2.32. The maximum atomic E-state index is 5.69. The standard InChI is InChI=1S/C8H15NO/c1-2-9-5-7-3-4-8(6-9)10-7/h7-8H,2-6H2,1H3. The highest BCUT2D eigenvalue weighted by molar-refractivity contribution is 4.83. The Morgan fingerprint density at radius 2 is 1.90 bits per heavy atom. The van der Waals surface area contributed by atoms with Crippen LogP contribution in [0, 0.1) is 0 Å². The van der Waals surface area contributed by atoms with E-state index in [2.05, 4.69) is 11.8 Å². The zero-order valence-corrected chi connectivity index (χ0v) is 6.55. The highest BCUT2D eigenvalue weighted by Crippen LogP contribution is 2.25. The lowest BCUT2D eigenvalue weighted by Gasteiger charge is -2.30. The second kappa shape index (κ2) is 2.51. The number of hydrogen-bond acceptors (Lipinski definition) is 2. The fourth-order valence-electron chi connectivity index (χ4n) is 1.96. The molecule has 0 amide bonds. The van der Waals surface area contributed by atoms with Crippen molar-refractivity contribution in [3.63, 3.8) is 0 Å². The molecule has 0 aromatic heterocycles. The second-order valence-corrected chi connectivity index (χ2v) is 3.31. The Hall–Kier alpha value is -0.0800. The lowest BCUT2D eigenvalue weighted by atomic mass is 10.2. The van der Waals surface area contributed by atoms with Crippen molar-refractivity contribution in [2.75, 3.05) is 19.6 Å². The van der Waals surface area contributed by atoms with Gasteiger partial charge in [0.25, 0.3) is 0 Å². The summed E-state index contributed by atoms with van der Waals surface area (Å²) >= 11 is 0. The van der Waals surface area contributed by atoms with Crippen molar-refractivity contribution in [2.45, 2.75) is 32.0 Å². The van der Waals surface area contributed by atoms with Crippen molar-refractivity contribution in [3.05, 3.63) is 0 Å². The van der Waals surface area contributed by atoms with Gasteiger partial charge < -0.3 is 4.74 Å². The van der Waals surface area contributed by atoms with E-state index in [1.54, 1.807) is 0 Å². The number of ether oxygens (including phenoxy) is 1. The van der Waals surface area contributed by atoms with E-state index in [0.717, 1.165) is 0 Å². The van der Waals surface area contributed by atoms with Crippen LogP contribution in [-0.4, -0.2) is 36.7 Å². The van der Waals surface area contributed by atoms with E-state index in [1.807, 2.05) is 0 Å². The van der Waals surface area contributed by atoms with Gasteiger partial charge in [-0.15, -0.1) is 0 Å². The summed E-state index contributed by atoms with van der Waals surface area (Å²) in [6, 6.07) is 0. The summed E-state index contributed by atoms with van der Waals surface area (Å²) in [6.07, 6.45) is 3.72. The molecule has 2 heteroatoms. The summed E-state index contributed by atoms with van der Waals surface area (Å²) < 4.78 is 5.69. The van der Waals surface area contributed by atoms with E-state index < -0.39 is 0 Å². The molecule has 2 fully saturated rings. The third kappa shape index (κ3) is 1.06. The van der Waals surface area contributed by atoms with Gasteiger partial charge in [-0.25, -0.2) is 0 Å². The Bertz CT molecular complexity index is 114. The molecule has 2 atom stereocenters. The van der Waals surface area contributed by atoms with Gasteiger partial charge in [-0.3, -0.25) is 4.90 Å². The van der Waals surface area contributed by atoms with Crippen LogP contribution in [0.4, 0.5) is 0 Å². The van der Waals surface area contributed by atoms with Crippen molar-refractivity contribution in [3.8, 4) is 0 Å². The Kier molecular flexibility index (Phi) is 1.66. The third-order valence-electron chi connectivity index (χ3n) is 2.57. The molecule has 0 aromatic carbocycles. The normalized spacial score (nSPS) is 40.5. The predicted molar refractivity (Wildman–Crippen MR) is 40.0 cm³/mol.